The van der Waals surface area contributed by atoms with Crippen LogP contribution in [-0.2, 0) is 11.2 Å². The number of nitrogens with one attached hydrogen (secondary N) is 2. The van der Waals surface area contributed by atoms with Gasteiger partial charge in [0.1, 0.15) is 12.4 Å². The number of amides is 1. The summed E-state index contributed by atoms with van der Waals surface area (Å²) in [6.07, 6.45) is 3.52. The molecule has 1 aromatic heterocycles. The number of benzene rings is 2. The molecule has 3 aromatic rings. The summed E-state index contributed by atoms with van der Waals surface area (Å²) in [5, 5.41) is 6.91. The predicted octanol–water partition coefficient (Wildman–Crippen LogP) is 2.47. The molecule has 31 heavy (non-hydrogen) atoms. The third-order valence-electron chi connectivity index (χ3n) is 5.04. The molecule has 2 aromatic carbocycles. The topological polar surface area (TPSA) is 118 Å². The van der Waals surface area contributed by atoms with E-state index in [4.69, 9.17) is 11.5 Å². The molecule has 1 amide bonds. The molecule has 0 radical (unpaired) electrons. The summed E-state index contributed by atoms with van der Waals surface area (Å²) >= 11 is 0. The number of nitrogens with zero attached hydrogens (tertiary/aromatic N) is 2. The van der Waals surface area contributed by atoms with E-state index in [1.165, 1.54) is 5.56 Å². The average molecular weight is 419 g/mol. The van der Waals surface area contributed by atoms with Crippen molar-refractivity contribution >= 4 is 28.3 Å². The Hall–Kier alpha value is -3.29. The molecule has 162 valence electrons. The van der Waals surface area contributed by atoms with Crippen LogP contribution in [0.4, 0.5) is 5.69 Å². The van der Waals surface area contributed by atoms with Gasteiger partial charge in [0.05, 0.1) is 23.4 Å². The number of pyridine rings is 1. The first-order valence-corrected chi connectivity index (χ1v) is 10.5. The van der Waals surface area contributed by atoms with Gasteiger partial charge < -0.3 is 22.1 Å². The van der Waals surface area contributed by atoms with Crippen molar-refractivity contribution in [2.45, 2.75) is 31.8 Å². The summed E-state index contributed by atoms with van der Waals surface area (Å²) in [7, 11) is 0. The molecule has 7 heteroatoms. The van der Waals surface area contributed by atoms with Crippen molar-refractivity contribution < 1.29 is 4.79 Å². The highest BCUT2D eigenvalue weighted by atomic mass is 16.1. The Labute approximate surface area is 183 Å². The second-order valence-electron chi connectivity index (χ2n) is 7.42. The van der Waals surface area contributed by atoms with Crippen molar-refractivity contribution in [1.29, 1.82) is 0 Å². The number of hydrogen-bond acceptors (Lipinski definition) is 5. The number of carbonyl (C=O) groups is 1. The summed E-state index contributed by atoms with van der Waals surface area (Å²) in [5.74, 6) is 0.437. The van der Waals surface area contributed by atoms with Crippen LogP contribution in [0.15, 0.2) is 71.9 Å². The lowest BCUT2D eigenvalue weighted by molar-refractivity contribution is -0.114. The molecule has 1 aliphatic rings. The fourth-order valence-corrected chi connectivity index (χ4v) is 3.32. The van der Waals surface area contributed by atoms with Gasteiger partial charge in [0.15, 0.2) is 0 Å². The monoisotopic (exact) mass is 418 g/mol. The number of anilines is 1. The van der Waals surface area contributed by atoms with Crippen molar-refractivity contribution in [3.05, 3.63) is 72.4 Å². The van der Waals surface area contributed by atoms with E-state index in [0.717, 1.165) is 23.7 Å². The number of aryl methyl sites for hydroxylation is 1. The van der Waals surface area contributed by atoms with E-state index in [0.29, 0.717) is 18.1 Å². The van der Waals surface area contributed by atoms with Crippen molar-refractivity contribution in [2.75, 3.05) is 18.4 Å². The average Bonchev–Trinajstić information content (AvgIpc) is 3.18. The van der Waals surface area contributed by atoms with Gasteiger partial charge >= 0.3 is 0 Å². The number of nitrogens with two attached hydrogens (primary N) is 2. The molecule has 0 aliphatic carbocycles. The molecule has 0 saturated carbocycles. The largest absolute Gasteiger partial charge is 0.368 e. The SMILES string of the molecule is CCc1ccccc1.NCC1CC(N)C(=NCC(=O)Nc2cnc3ccccc3c2)N1. The van der Waals surface area contributed by atoms with Crippen molar-refractivity contribution in [2.24, 2.45) is 16.5 Å². The van der Waals surface area contributed by atoms with E-state index in [1.54, 1.807) is 6.20 Å². The Bertz CT molecular complexity index is 1020. The van der Waals surface area contributed by atoms with E-state index >= 15 is 0 Å². The van der Waals surface area contributed by atoms with Gasteiger partial charge in [-0.1, -0.05) is 55.5 Å². The summed E-state index contributed by atoms with van der Waals surface area (Å²) in [5.41, 5.74) is 14.5. The number of rotatable bonds is 5. The van der Waals surface area contributed by atoms with Gasteiger partial charge in [-0.25, -0.2) is 0 Å². The highest BCUT2D eigenvalue weighted by Gasteiger charge is 2.25. The summed E-state index contributed by atoms with van der Waals surface area (Å²) in [4.78, 5) is 20.6. The van der Waals surface area contributed by atoms with E-state index in [1.807, 2.05) is 36.4 Å². The Morgan fingerprint density at radius 2 is 1.94 bits per heavy atom. The first kappa shape index (κ1) is 22.4. The number of fused-ring (bicyclic) bond motifs is 1. The molecule has 1 saturated heterocycles. The zero-order chi connectivity index (χ0) is 22.1. The highest BCUT2D eigenvalue weighted by Crippen LogP contribution is 2.16. The Morgan fingerprint density at radius 1 is 1.19 bits per heavy atom. The van der Waals surface area contributed by atoms with Gasteiger partial charge in [-0.05, 0) is 30.5 Å². The van der Waals surface area contributed by atoms with Crippen molar-refractivity contribution in [3.63, 3.8) is 0 Å². The standard InChI is InChI=1S/C16H20N6O.C8H10/c17-7-11-6-13(18)16(22-11)20-9-15(23)21-12-5-10-3-1-2-4-14(10)19-8-12;1-2-8-6-4-3-5-7-8/h1-5,8,11,13H,6-7,9,17-18H2,(H,20,22)(H,21,23);3-7H,2H2,1H3. The quantitative estimate of drug-likeness (QED) is 0.508. The normalized spacial score (nSPS) is 18.9. The third kappa shape index (κ3) is 6.60. The lowest BCUT2D eigenvalue weighted by Gasteiger charge is -2.07. The fraction of sp³-hybridized carbons (Fsp3) is 0.292. The van der Waals surface area contributed by atoms with Crippen LogP contribution in [0.5, 0.6) is 0 Å². The van der Waals surface area contributed by atoms with Gasteiger partial charge in [-0.2, -0.15) is 0 Å². The molecular formula is C24H30N6O. The Kier molecular flexibility index (Phi) is 8.09. The van der Waals surface area contributed by atoms with Gasteiger partial charge in [-0.3, -0.25) is 14.8 Å². The minimum Gasteiger partial charge on any atom is -0.368 e. The van der Waals surface area contributed by atoms with Crippen LogP contribution in [0.25, 0.3) is 10.9 Å². The van der Waals surface area contributed by atoms with Crippen LogP contribution in [0.1, 0.15) is 18.9 Å². The van der Waals surface area contributed by atoms with Crippen molar-refractivity contribution in [1.82, 2.24) is 10.3 Å². The molecular weight excluding hydrogens is 388 g/mol. The van der Waals surface area contributed by atoms with Gasteiger partial charge in [0.2, 0.25) is 5.91 Å². The minimum atomic E-state index is -0.209. The second-order valence-corrected chi connectivity index (χ2v) is 7.42. The smallest absolute Gasteiger partial charge is 0.246 e. The van der Waals surface area contributed by atoms with Crippen LogP contribution < -0.4 is 22.1 Å². The van der Waals surface area contributed by atoms with Crippen molar-refractivity contribution in [3.8, 4) is 0 Å². The molecule has 4 rings (SSSR count). The molecule has 0 spiro atoms. The fourth-order valence-electron chi connectivity index (χ4n) is 3.32. The maximum Gasteiger partial charge on any atom is 0.246 e. The molecule has 0 bridgehead atoms. The maximum absolute atomic E-state index is 12.0. The van der Waals surface area contributed by atoms with Gasteiger partial charge in [-0.15, -0.1) is 0 Å². The number of amidine groups is 1. The number of carbonyl (C=O) groups excluding carboxylic acids is 1. The third-order valence-corrected chi connectivity index (χ3v) is 5.04. The molecule has 2 unspecified atom stereocenters. The zero-order valence-electron chi connectivity index (χ0n) is 17.8. The maximum atomic E-state index is 12.0. The number of para-hydroxylation sites is 1. The molecule has 2 heterocycles. The summed E-state index contributed by atoms with van der Waals surface area (Å²) in [6.45, 7) is 2.68. The molecule has 1 aliphatic heterocycles. The minimum absolute atomic E-state index is 0.0140. The molecule has 1 fully saturated rings. The van der Waals surface area contributed by atoms with Crippen LogP contribution in [-0.4, -0.2) is 41.9 Å². The lowest BCUT2D eigenvalue weighted by atomic mass is 10.2. The lowest BCUT2D eigenvalue weighted by Crippen LogP contribution is -2.35. The van der Waals surface area contributed by atoms with E-state index < -0.39 is 0 Å². The zero-order valence-corrected chi connectivity index (χ0v) is 17.8. The predicted molar refractivity (Wildman–Crippen MR) is 127 cm³/mol. The second kappa shape index (κ2) is 11.2. The summed E-state index contributed by atoms with van der Waals surface area (Å²) < 4.78 is 0. The van der Waals surface area contributed by atoms with E-state index in [9.17, 15) is 4.79 Å². The van der Waals surface area contributed by atoms with Crippen LogP contribution in [0.2, 0.25) is 0 Å². The molecule has 2 atom stereocenters. The van der Waals surface area contributed by atoms with E-state index in [-0.39, 0.29) is 24.5 Å². The van der Waals surface area contributed by atoms with E-state index in [2.05, 4.69) is 51.8 Å². The summed E-state index contributed by atoms with van der Waals surface area (Å²) in [6, 6.07) is 20.0. The number of hydrogen-bond donors (Lipinski definition) is 4. The number of aromatic nitrogens is 1. The Morgan fingerprint density at radius 3 is 2.61 bits per heavy atom. The van der Waals surface area contributed by atoms with Crippen LogP contribution in [0, 0.1) is 0 Å². The molecule has 6 N–H and O–H groups in total. The number of aliphatic imine (C=N–C) groups is 1. The van der Waals surface area contributed by atoms with Crippen LogP contribution >= 0.6 is 0 Å². The van der Waals surface area contributed by atoms with Crippen LogP contribution in [0.3, 0.4) is 0 Å². The van der Waals surface area contributed by atoms with Gasteiger partial charge in [0, 0.05) is 18.0 Å². The molecule has 7 nitrogen and oxygen atoms in total. The first-order valence-electron chi connectivity index (χ1n) is 10.5. The first-order chi connectivity index (χ1) is 15.1. The van der Waals surface area contributed by atoms with Gasteiger partial charge in [0.25, 0.3) is 0 Å². The highest BCUT2D eigenvalue weighted by molar-refractivity contribution is 5.97. The Balaban J connectivity index is 0.000000287.